The zero-order chi connectivity index (χ0) is 24.9. The first-order chi connectivity index (χ1) is 16.2. The molecule has 2 N–H and O–H groups in total. The Morgan fingerprint density at radius 2 is 2.24 bits per heavy atom. The Hall–Kier alpha value is -3.71. The van der Waals surface area contributed by atoms with Gasteiger partial charge in [0, 0.05) is 32.1 Å². The second kappa shape index (κ2) is 10.5. The largest absolute Gasteiger partial charge is 0.490 e. The summed E-state index contributed by atoms with van der Waals surface area (Å²) in [5, 5.41) is 21.5. The molecule has 12 heteroatoms. The van der Waals surface area contributed by atoms with Crippen LogP contribution < -0.4 is 10.1 Å². The van der Waals surface area contributed by atoms with Crippen LogP contribution in [0.4, 0.5) is 10.1 Å². The van der Waals surface area contributed by atoms with Gasteiger partial charge >= 0.3 is 0 Å². The van der Waals surface area contributed by atoms with Crippen LogP contribution in [-0.4, -0.2) is 56.6 Å². The number of nitriles is 1. The van der Waals surface area contributed by atoms with E-state index in [9.17, 15) is 22.7 Å². The topological polar surface area (TPSA) is 143 Å². The van der Waals surface area contributed by atoms with Crippen LogP contribution in [0, 0.1) is 34.9 Å². The number of hydrogen-bond donors (Lipinski definition) is 2. The van der Waals surface area contributed by atoms with Gasteiger partial charge in [0.15, 0.2) is 11.4 Å². The summed E-state index contributed by atoms with van der Waals surface area (Å²) >= 11 is 0. The van der Waals surface area contributed by atoms with Gasteiger partial charge < -0.3 is 24.5 Å². The van der Waals surface area contributed by atoms with Crippen molar-refractivity contribution in [3.8, 4) is 23.7 Å². The smallest absolute Gasteiger partial charge is 0.286 e. The molecule has 0 aliphatic carbocycles. The second-order valence-electron chi connectivity index (χ2n) is 7.32. The quantitative estimate of drug-likeness (QED) is 0.423. The lowest BCUT2D eigenvalue weighted by atomic mass is 10.1. The number of ether oxygens (including phenoxy) is 2. The first-order valence-corrected chi connectivity index (χ1v) is 11.4. The average molecular weight is 488 g/mol. The molecule has 0 bridgehead atoms. The van der Waals surface area contributed by atoms with Gasteiger partial charge in [-0.1, -0.05) is 11.8 Å². The van der Waals surface area contributed by atoms with E-state index in [1.807, 2.05) is 0 Å². The van der Waals surface area contributed by atoms with Gasteiger partial charge in [-0.2, -0.15) is 18.1 Å². The number of benzene rings is 1. The summed E-state index contributed by atoms with van der Waals surface area (Å²) in [6.45, 7) is 3.92. The van der Waals surface area contributed by atoms with E-state index in [0.29, 0.717) is 13.2 Å². The summed E-state index contributed by atoms with van der Waals surface area (Å²) in [6.07, 6.45) is 0.163. The molecule has 1 aliphatic rings. The van der Waals surface area contributed by atoms with Crippen LogP contribution >= 0.6 is 0 Å². The van der Waals surface area contributed by atoms with Crippen LogP contribution in [0.15, 0.2) is 33.7 Å². The Morgan fingerprint density at radius 3 is 2.85 bits per heavy atom. The van der Waals surface area contributed by atoms with E-state index in [1.54, 1.807) is 6.07 Å². The van der Waals surface area contributed by atoms with Crippen LogP contribution in [0.3, 0.4) is 0 Å². The number of sulfonamides is 1. The van der Waals surface area contributed by atoms with Crippen LogP contribution in [0.5, 0.6) is 5.75 Å². The van der Waals surface area contributed by atoms with Crippen molar-refractivity contribution in [1.29, 1.82) is 5.26 Å². The summed E-state index contributed by atoms with van der Waals surface area (Å²) in [6, 6.07) is 5.08. The van der Waals surface area contributed by atoms with Gasteiger partial charge in [-0.3, -0.25) is 4.79 Å². The van der Waals surface area contributed by atoms with Gasteiger partial charge in [-0.05, 0) is 18.2 Å². The molecule has 178 valence electrons. The van der Waals surface area contributed by atoms with Gasteiger partial charge in [-0.25, -0.2) is 4.39 Å². The Labute approximate surface area is 195 Å². The Morgan fingerprint density at radius 1 is 1.50 bits per heavy atom. The number of nitrogens with one attached hydrogen (secondary N) is 1. The highest BCUT2D eigenvalue weighted by atomic mass is 32.2. The van der Waals surface area contributed by atoms with Crippen molar-refractivity contribution in [2.75, 3.05) is 25.1 Å². The lowest BCUT2D eigenvalue weighted by molar-refractivity contribution is -0.00320. The molecule has 2 heterocycles. The minimum absolute atomic E-state index is 0.0427. The number of aliphatic hydroxyl groups excluding tert-OH is 1. The molecule has 1 fully saturated rings. The van der Waals surface area contributed by atoms with Gasteiger partial charge in [0.25, 0.3) is 15.9 Å². The monoisotopic (exact) mass is 488 g/mol. The van der Waals surface area contributed by atoms with Gasteiger partial charge in [-0.15, -0.1) is 0 Å². The lowest BCUT2D eigenvalue weighted by Crippen LogP contribution is -2.26. The van der Waals surface area contributed by atoms with E-state index in [4.69, 9.17) is 14.7 Å². The van der Waals surface area contributed by atoms with E-state index in [1.165, 1.54) is 17.7 Å². The fraction of sp³-hybridized carbons (Fsp3) is 0.318. The maximum absolute atomic E-state index is 13.6. The van der Waals surface area contributed by atoms with Crippen molar-refractivity contribution in [2.45, 2.75) is 17.4 Å². The molecule has 0 radical (unpaired) electrons. The minimum atomic E-state index is -4.23. The maximum Gasteiger partial charge on any atom is 0.286 e. The molecule has 1 atom stereocenters. The molecular weight excluding hydrogens is 467 g/mol. The molecule has 0 unspecified atom stereocenters. The Kier molecular flexibility index (Phi) is 7.68. The molecule has 1 aromatic carbocycles. The highest BCUT2D eigenvalue weighted by Crippen LogP contribution is 2.32. The van der Waals surface area contributed by atoms with Gasteiger partial charge in [0.2, 0.25) is 0 Å². The van der Waals surface area contributed by atoms with Crippen LogP contribution in [0.2, 0.25) is 0 Å². The number of carbonyl (C=O) groups is 1. The Bertz CT molecular complexity index is 1320. The number of hydrogen-bond acceptors (Lipinski definition) is 7. The summed E-state index contributed by atoms with van der Waals surface area (Å²) in [7, 11) is -2.80. The van der Waals surface area contributed by atoms with Crippen molar-refractivity contribution in [3.05, 3.63) is 41.5 Å². The Balaban J connectivity index is 1.84. The van der Waals surface area contributed by atoms with Crippen molar-refractivity contribution in [3.63, 3.8) is 0 Å². The van der Waals surface area contributed by atoms with Crippen molar-refractivity contribution in [1.82, 2.24) is 4.57 Å². The predicted octanol–water partition coefficient (Wildman–Crippen LogP) is 1.46. The molecule has 3 rings (SSSR count). The van der Waals surface area contributed by atoms with Crippen molar-refractivity contribution < 1.29 is 32.2 Å². The number of halogens is 1. The lowest BCUT2D eigenvalue weighted by Gasteiger charge is -2.20. The normalized spacial score (nSPS) is 14.2. The van der Waals surface area contributed by atoms with Crippen LogP contribution in [-0.2, 0) is 21.8 Å². The number of rotatable bonds is 8. The molecule has 0 spiro atoms. The number of aliphatic hydroxyl groups is 1. The van der Waals surface area contributed by atoms with E-state index in [0.717, 1.165) is 18.3 Å². The third kappa shape index (κ3) is 5.61. The number of nitrogens with zero attached hydrogens (tertiary/aromatic N) is 3. The zero-order valence-electron chi connectivity index (χ0n) is 18.1. The van der Waals surface area contributed by atoms with Crippen molar-refractivity contribution >= 4 is 28.3 Å². The molecule has 1 aromatic heterocycles. The first-order valence-electron chi connectivity index (χ1n) is 9.99. The molecule has 1 saturated heterocycles. The molecule has 0 saturated carbocycles. The molecule has 34 heavy (non-hydrogen) atoms. The number of aryl methyl sites for hydroxylation is 1. The highest BCUT2D eigenvalue weighted by molar-refractivity contribution is 7.90. The van der Waals surface area contributed by atoms with Gasteiger partial charge in [0.05, 0.1) is 31.3 Å². The summed E-state index contributed by atoms with van der Waals surface area (Å²) in [4.78, 5) is 12.6. The molecule has 10 nitrogen and oxygen atoms in total. The van der Waals surface area contributed by atoms with Crippen molar-refractivity contribution in [2.24, 2.45) is 17.4 Å². The predicted molar refractivity (Wildman–Crippen MR) is 119 cm³/mol. The highest BCUT2D eigenvalue weighted by Gasteiger charge is 2.29. The third-order valence-corrected chi connectivity index (χ3v) is 6.03. The van der Waals surface area contributed by atoms with E-state index in [-0.39, 0.29) is 46.5 Å². The number of anilines is 1. The van der Waals surface area contributed by atoms with Crippen LogP contribution in [0.1, 0.15) is 22.5 Å². The minimum Gasteiger partial charge on any atom is -0.490 e. The molecule has 1 amide bonds. The summed E-state index contributed by atoms with van der Waals surface area (Å²) in [5.74, 6) is 3.80. The SMILES string of the molecule is C=NS(=O)(=O)c1cn(C)c(C(=O)Nc2ccc(F)c(C#N)c2)c1OCC[C@@H](O)C#CC1COC1. The fourth-order valence-corrected chi connectivity index (χ4v) is 3.81. The van der Waals surface area contributed by atoms with E-state index in [2.05, 4.69) is 28.3 Å². The third-order valence-electron chi connectivity index (χ3n) is 4.84. The molecule has 2 aromatic rings. The standard InChI is InChI=1S/C22H21FN4O6S/c1-25-34(30,31)19-11-27(2)20(22(29)26-16-4-6-18(23)15(9-16)10-24)21(19)33-8-7-17(28)5-3-14-12-32-13-14/h4,6,9,11,14,17,28H,1,7-8,12-13H2,2H3,(H,26,29)/t17-/m0/s1. The zero-order valence-corrected chi connectivity index (χ0v) is 18.9. The van der Waals surface area contributed by atoms with E-state index < -0.39 is 27.9 Å². The summed E-state index contributed by atoms with van der Waals surface area (Å²) in [5.41, 5.74) is -0.326. The number of aromatic nitrogens is 1. The molecule has 1 aliphatic heterocycles. The maximum atomic E-state index is 13.6. The average Bonchev–Trinajstić information content (AvgIpc) is 3.11. The van der Waals surface area contributed by atoms with E-state index >= 15 is 0 Å². The molecular formula is C22H21FN4O6S. The summed E-state index contributed by atoms with van der Waals surface area (Å²) < 4.78 is 53.3. The number of carbonyl (C=O) groups excluding carboxylic acids is 1. The number of amides is 1. The van der Waals surface area contributed by atoms with Gasteiger partial charge in [0.1, 0.15) is 22.9 Å². The fourth-order valence-electron chi connectivity index (χ4n) is 2.99. The first kappa shape index (κ1) is 24.9. The second-order valence-corrected chi connectivity index (χ2v) is 8.97. The van der Waals surface area contributed by atoms with Crippen LogP contribution in [0.25, 0.3) is 0 Å².